The van der Waals surface area contributed by atoms with Crippen LogP contribution in [-0.2, 0) is 32.7 Å². The molecule has 0 aromatic heterocycles. The highest BCUT2D eigenvalue weighted by Gasteiger charge is 2.27. The molecule has 0 fully saturated rings. The number of ether oxygens (including phenoxy) is 2. The molecule has 0 radical (unpaired) electrons. The molecule has 364 valence electrons. The SMILES string of the molecule is CCCCCCC/C=C\C/C=C\C/C=C\CCCCCCCCCCCCCCCCC(=O)OC(COC(=O)CCCCCCCCCCC)COP(=O)(O)OCC[N+](C)(C)C. The number of phosphoric acid groups is 1. The van der Waals surface area contributed by atoms with Crippen molar-refractivity contribution in [1.29, 1.82) is 0 Å². The summed E-state index contributed by atoms with van der Waals surface area (Å²) in [5, 5.41) is 0. The van der Waals surface area contributed by atoms with Gasteiger partial charge in [-0.2, -0.15) is 0 Å². The molecule has 0 amide bonds. The van der Waals surface area contributed by atoms with E-state index in [4.69, 9.17) is 18.5 Å². The zero-order chi connectivity index (χ0) is 45.7. The summed E-state index contributed by atoms with van der Waals surface area (Å²) in [4.78, 5) is 35.4. The van der Waals surface area contributed by atoms with Crippen molar-refractivity contribution < 1.29 is 42.1 Å². The van der Waals surface area contributed by atoms with E-state index in [0.29, 0.717) is 23.9 Å². The first-order chi connectivity index (χ1) is 30.0. The van der Waals surface area contributed by atoms with E-state index in [-0.39, 0.29) is 25.6 Å². The summed E-state index contributed by atoms with van der Waals surface area (Å²) >= 11 is 0. The van der Waals surface area contributed by atoms with Crippen LogP contribution in [0.3, 0.4) is 0 Å². The third-order valence-electron chi connectivity index (χ3n) is 11.2. The van der Waals surface area contributed by atoms with Gasteiger partial charge < -0.3 is 18.9 Å². The van der Waals surface area contributed by atoms with Gasteiger partial charge in [0.25, 0.3) is 0 Å². The van der Waals surface area contributed by atoms with Crippen molar-refractivity contribution in [3.8, 4) is 0 Å². The van der Waals surface area contributed by atoms with Gasteiger partial charge in [-0.15, -0.1) is 0 Å². The predicted molar refractivity (Wildman–Crippen MR) is 261 cm³/mol. The molecule has 0 spiro atoms. The number of unbranched alkanes of at least 4 members (excludes halogenated alkanes) is 27. The Morgan fingerprint density at radius 2 is 0.871 bits per heavy atom. The van der Waals surface area contributed by atoms with Gasteiger partial charge in [0.1, 0.15) is 19.8 Å². The number of rotatable bonds is 47. The van der Waals surface area contributed by atoms with Crippen LogP contribution in [0.2, 0.25) is 0 Å². The Kier molecular flexibility index (Phi) is 43.2. The van der Waals surface area contributed by atoms with Crippen molar-refractivity contribution in [2.24, 2.45) is 0 Å². The van der Waals surface area contributed by atoms with E-state index in [1.165, 1.54) is 154 Å². The van der Waals surface area contributed by atoms with E-state index in [0.717, 1.165) is 44.9 Å². The molecule has 0 aliphatic carbocycles. The lowest BCUT2D eigenvalue weighted by Gasteiger charge is -2.24. The second-order valence-corrected chi connectivity index (χ2v) is 20.0. The van der Waals surface area contributed by atoms with E-state index >= 15 is 0 Å². The third-order valence-corrected chi connectivity index (χ3v) is 12.2. The van der Waals surface area contributed by atoms with Crippen LogP contribution < -0.4 is 0 Å². The maximum atomic E-state index is 12.7. The lowest BCUT2D eigenvalue weighted by atomic mass is 10.0. The number of quaternary nitrogens is 1. The van der Waals surface area contributed by atoms with Crippen LogP contribution in [-0.4, -0.2) is 74.9 Å². The number of allylic oxidation sites excluding steroid dienone is 6. The molecule has 0 rings (SSSR count). The minimum atomic E-state index is -4.37. The van der Waals surface area contributed by atoms with E-state index in [9.17, 15) is 19.0 Å². The van der Waals surface area contributed by atoms with Gasteiger partial charge in [-0.25, -0.2) is 4.57 Å². The molecule has 0 saturated heterocycles. The number of carbonyl (C=O) groups is 2. The Hall–Kier alpha value is -1.77. The van der Waals surface area contributed by atoms with Gasteiger partial charge in [0.05, 0.1) is 27.7 Å². The van der Waals surface area contributed by atoms with Crippen LogP contribution in [0.1, 0.15) is 232 Å². The monoisotopic (exact) mass is 897 g/mol. The maximum absolute atomic E-state index is 12.7. The number of likely N-dealkylation sites (N-methyl/N-ethyl adjacent to an activating group) is 1. The minimum absolute atomic E-state index is 0.0331. The van der Waals surface area contributed by atoms with Gasteiger partial charge in [-0.05, 0) is 51.4 Å². The topological polar surface area (TPSA) is 108 Å². The Morgan fingerprint density at radius 3 is 1.29 bits per heavy atom. The van der Waals surface area contributed by atoms with Gasteiger partial charge in [0.15, 0.2) is 6.10 Å². The second kappa shape index (κ2) is 44.4. The standard InChI is InChI=1S/C52H98NO8P/c1-6-8-10-12-14-16-17-18-19-20-21-22-23-24-25-26-27-28-29-30-31-32-33-34-35-37-39-41-43-45-52(55)61-50(49-60-62(56,57)59-47-46-53(3,4)5)48-58-51(54)44-42-40-38-36-15-13-11-9-7-2/h17-18,20-21,23-24,50H,6-16,19,22,25-49H2,1-5H3/p+1/b18-17-,21-20-,24-23-. The number of phosphoric ester groups is 1. The average molecular weight is 897 g/mol. The van der Waals surface area contributed by atoms with Crippen molar-refractivity contribution in [2.75, 3.05) is 47.5 Å². The van der Waals surface area contributed by atoms with Gasteiger partial charge >= 0.3 is 19.8 Å². The van der Waals surface area contributed by atoms with Crippen molar-refractivity contribution >= 4 is 19.8 Å². The van der Waals surface area contributed by atoms with Crippen LogP contribution in [0.25, 0.3) is 0 Å². The zero-order valence-corrected chi connectivity index (χ0v) is 42.0. The van der Waals surface area contributed by atoms with E-state index < -0.39 is 26.5 Å². The molecule has 0 aliphatic heterocycles. The Balaban J connectivity index is 4.05. The molecule has 2 atom stereocenters. The fraction of sp³-hybridized carbons (Fsp3) is 0.846. The summed E-state index contributed by atoms with van der Waals surface area (Å²) in [5.74, 6) is -0.795. The van der Waals surface area contributed by atoms with Crippen molar-refractivity contribution in [2.45, 2.75) is 238 Å². The molecule has 2 unspecified atom stereocenters. The Bertz CT molecular complexity index is 1150. The third kappa shape index (κ3) is 47.7. The molecule has 0 heterocycles. The highest BCUT2D eigenvalue weighted by molar-refractivity contribution is 7.47. The average Bonchev–Trinajstić information content (AvgIpc) is 3.23. The van der Waals surface area contributed by atoms with Crippen molar-refractivity contribution in [3.63, 3.8) is 0 Å². The first-order valence-corrected chi connectivity index (χ1v) is 27.2. The van der Waals surface area contributed by atoms with Crippen LogP contribution in [0.5, 0.6) is 0 Å². The van der Waals surface area contributed by atoms with Crippen molar-refractivity contribution in [3.05, 3.63) is 36.5 Å². The zero-order valence-electron chi connectivity index (χ0n) is 41.1. The summed E-state index contributed by atoms with van der Waals surface area (Å²) in [5.41, 5.74) is 0. The fourth-order valence-electron chi connectivity index (χ4n) is 7.14. The summed E-state index contributed by atoms with van der Waals surface area (Å²) in [6.45, 7) is 4.41. The molecule has 0 aromatic rings. The molecular formula is C52H99NO8P+. The summed E-state index contributed by atoms with van der Waals surface area (Å²) < 4.78 is 34.3. The number of carbonyl (C=O) groups excluding carboxylic acids is 2. The van der Waals surface area contributed by atoms with E-state index in [1.807, 2.05) is 21.1 Å². The van der Waals surface area contributed by atoms with Crippen LogP contribution in [0.4, 0.5) is 0 Å². The number of nitrogens with zero attached hydrogens (tertiary/aromatic N) is 1. The predicted octanol–water partition coefficient (Wildman–Crippen LogP) is 15.3. The molecule has 62 heavy (non-hydrogen) atoms. The lowest BCUT2D eigenvalue weighted by Crippen LogP contribution is -2.37. The smallest absolute Gasteiger partial charge is 0.462 e. The van der Waals surface area contributed by atoms with Gasteiger partial charge in [0.2, 0.25) is 0 Å². The molecule has 0 bridgehead atoms. The molecule has 0 aromatic carbocycles. The fourth-order valence-corrected chi connectivity index (χ4v) is 7.88. The first-order valence-electron chi connectivity index (χ1n) is 25.7. The largest absolute Gasteiger partial charge is 0.472 e. The normalized spacial score (nSPS) is 13.7. The van der Waals surface area contributed by atoms with E-state index in [2.05, 4.69) is 50.3 Å². The van der Waals surface area contributed by atoms with Gasteiger partial charge in [-0.1, -0.05) is 204 Å². The van der Waals surface area contributed by atoms with Crippen LogP contribution in [0, 0.1) is 0 Å². The highest BCUT2D eigenvalue weighted by Crippen LogP contribution is 2.43. The van der Waals surface area contributed by atoms with Gasteiger partial charge in [-0.3, -0.25) is 18.6 Å². The molecule has 10 heteroatoms. The number of hydrogen-bond acceptors (Lipinski definition) is 7. The minimum Gasteiger partial charge on any atom is -0.462 e. The Morgan fingerprint density at radius 1 is 0.500 bits per heavy atom. The summed E-state index contributed by atoms with van der Waals surface area (Å²) in [7, 11) is 1.48. The maximum Gasteiger partial charge on any atom is 0.472 e. The van der Waals surface area contributed by atoms with E-state index in [1.54, 1.807) is 0 Å². The lowest BCUT2D eigenvalue weighted by molar-refractivity contribution is -0.870. The Labute approximate surface area is 382 Å². The number of esters is 2. The molecule has 0 saturated carbocycles. The highest BCUT2D eigenvalue weighted by atomic mass is 31.2. The molecule has 1 N–H and O–H groups in total. The van der Waals surface area contributed by atoms with Crippen LogP contribution >= 0.6 is 7.82 Å². The van der Waals surface area contributed by atoms with Gasteiger partial charge in [0, 0.05) is 12.8 Å². The summed E-state index contributed by atoms with van der Waals surface area (Å²) in [6.07, 6.45) is 52.2. The quantitative estimate of drug-likeness (QED) is 0.0212. The number of hydrogen-bond donors (Lipinski definition) is 1. The molecule has 0 aliphatic rings. The molecule has 9 nitrogen and oxygen atoms in total. The molecular weight excluding hydrogens is 798 g/mol. The first kappa shape index (κ1) is 60.2. The van der Waals surface area contributed by atoms with Crippen molar-refractivity contribution in [1.82, 2.24) is 0 Å². The summed E-state index contributed by atoms with van der Waals surface area (Å²) in [6, 6.07) is 0. The van der Waals surface area contributed by atoms with Crippen LogP contribution in [0.15, 0.2) is 36.5 Å². The second-order valence-electron chi connectivity index (χ2n) is 18.6.